The summed E-state index contributed by atoms with van der Waals surface area (Å²) in [6.07, 6.45) is 0. The van der Waals surface area contributed by atoms with Gasteiger partial charge in [-0.05, 0) is 13.0 Å². The van der Waals surface area contributed by atoms with Crippen LogP contribution >= 0.6 is 0 Å². The number of nitro benzene ring substituents is 1. The maximum Gasteiger partial charge on any atom is 0.270 e. The van der Waals surface area contributed by atoms with Gasteiger partial charge >= 0.3 is 0 Å². The first-order valence-corrected chi connectivity index (χ1v) is 7.28. The van der Waals surface area contributed by atoms with Crippen LogP contribution in [0.4, 0.5) is 11.4 Å². The zero-order valence-electron chi connectivity index (χ0n) is 13.3. The highest BCUT2D eigenvalue weighted by atomic mass is 16.6. The Morgan fingerprint density at radius 3 is 2.75 bits per heavy atom. The fourth-order valence-corrected chi connectivity index (χ4v) is 2.31. The summed E-state index contributed by atoms with van der Waals surface area (Å²) in [4.78, 5) is 34.4. The number of rotatable bonds is 6. The van der Waals surface area contributed by atoms with E-state index in [0.29, 0.717) is 16.6 Å². The maximum atomic E-state index is 12.1. The highest BCUT2D eigenvalue weighted by Gasteiger charge is 2.16. The molecule has 0 aliphatic rings. The predicted octanol–water partition coefficient (Wildman–Crippen LogP) is 0.356. The van der Waals surface area contributed by atoms with Gasteiger partial charge in [0.1, 0.15) is 6.04 Å². The quantitative estimate of drug-likeness (QED) is 0.517. The smallest absolute Gasteiger partial charge is 0.270 e. The lowest BCUT2D eigenvalue weighted by Crippen LogP contribution is -2.39. The van der Waals surface area contributed by atoms with Crippen molar-refractivity contribution in [1.29, 1.82) is 0 Å². The Bertz CT molecular complexity index is 846. The number of carbonyl (C=O) groups excluding carboxylic acids is 1. The number of non-ortho nitro benzene ring substituents is 1. The van der Waals surface area contributed by atoms with Gasteiger partial charge in [-0.1, -0.05) is 0 Å². The summed E-state index contributed by atoms with van der Waals surface area (Å²) in [6, 6.07) is 4.78. The van der Waals surface area contributed by atoms with Gasteiger partial charge in [-0.2, -0.15) is 0 Å². The molecule has 3 N–H and O–H groups in total. The summed E-state index contributed by atoms with van der Waals surface area (Å²) in [6.45, 7) is 1.53. The Labute approximate surface area is 137 Å². The van der Waals surface area contributed by atoms with E-state index in [2.05, 4.69) is 10.6 Å². The summed E-state index contributed by atoms with van der Waals surface area (Å²) >= 11 is 0. The normalized spacial score (nSPS) is 12.0. The van der Waals surface area contributed by atoms with Crippen LogP contribution in [0.3, 0.4) is 0 Å². The summed E-state index contributed by atoms with van der Waals surface area (Å²) in [5.41, 5.74) is 0.436. The highest BCUT2D eigenvalue weighted by molar-refractivity contribution is 5.95. The van der Waals surface area contributed by atoms with Gasteiger partial charge in [-0.25, -0.2) is 0 Å². The molecule has 0 saturated carbocycles. The fourth-order valence-electron chi connectivity index (χ4n) is 2.31. The predicted molar refractivity (Wildman–Crippen MR) is 89.0 cm³/mol. The van der Waals surface area contributed by atoms with Crippen molar-refractivity contribution in [3.05, 3.63) is 44.7 Å². The molecule has 0 spiro atoms. The number of nitro groups is 1. The lowest BCUT2D eigenvalue weighted by molar-refractivity contribution is -0.384. The number of hydrogen-bond donors (Lipinski definition) is 3. The lowest BCUT2D eigenvalue weighted by Gasteiger charge is -2.17. The van der Waals surface area contributed by atoms with Crippen LogP contribution in [-0.4, -0.2) is 39.7 Å². The van der Waals surface area contributed by atoms with Gasteiger partial charge in [-0.15, -0.1) is 0 Å². The number of aliphatic hydroxyl groups excluding tert-OH is 1. The van der Waals surface area contributed by atoms with Crippen LogP contribution < -0.4 is 16.2 Å². The summed E-state index contributed by atoms with van der Waals surface area (Å²) in [7, 11) is 1.57. The molecule has 24 heavy (non-hydrogen) atoms. The molecule has 0 saturated heterocycles. The molecule has 0 fully saturated rings. The molecule has 0 radical (unpaired) electrons. The third-order valence-corrected chi connectivity index (χ3v) is 3.62. The van der Waals surface area contributed by atoms with Crippen molar-refractivity contribution in [3.8, 4) is 0 Å². The van der Waals surface area contributed by atoms with E-state index in [0.717, 1.165) is 0 Å². The van der Waals surface area contributed by atoms with Gasteiger partial charge in [0, 0.05) is 42.9 Å². The van der Waals surface area contributed by atoms with Gasteiger partial charge < -0.3 is 20.3 Å². The third kappa shape index (κ3) is 3.51. The molecular weight excluding hydrogens is 316 g/mol. The number of benzene rings is 1. The minimum atomic E-state index is -0.689. The molecule has 0 aliphatic carbocycles. The van der Waals surface area contributed by atoms with Crippen molar-refractivity contribution in [2.75, 3.05) is 18.5 Å². The average molecular weight is 334 g/mol. The molecule has 1 aromatic heterocycles. The molecule has 0 bridgehead atoms. The topological polar surface area (TPSA) is 127 Å². The van der Waals surface area contributed by atoms with Gasteiger partial charge in [0.15, 0.2) is 0 Å². The summed E-state index contributed by atoms with van der Waals surface area (Å²) in [5.74, 6) is -0.358. The first kappa shape index (κ1) is 17.4. The van der Waals surface area contributed by atoms with Crippen LogP contribution in [0.5, 0.6) is 0 Å². The second-order valence-corrected chi connectivity index (χ2v) is 5.29. The first-order valence-electron chi connectivity index (χ1n) is 7.28. The average Bonchev–Trinajstić information content (AvgIpc) is 2.56. The molecule has 2 rings (SSSR count). The number of nitrogens with zero attached hydrogens (tertiary/aromatic N) is 2. The number of carbonyl (C=O) groups is 1. The second kappa shape index (κ2) is 7.09. The Balaban J connectivity index is 2.46. The standard InChI is InChI=1S/C15H18N4O5/c1-9(15(22)16-5-6-20)17-12-8-14(21)18(2)13-4-3-10(19(23)24)7-11(12)13/h3-4,7-9,17,20H,5-6H2,1-2H3,(H,16,22)/t9-/m1/s1. The molecule has 9 heteroatoms. The minimum absolute atomic E-state index is 0.110. The van der Waals surface area contributed by atoms with Crippen LogP contribution in [0.1, 0.15) is 6.92 Å². The van der Waals surface area contributed by atoms with Crippen LogP contribution in [0, 0.1) is 10.1 Å². The van der Waals surface area contributed by atoms with Gasteiger partial charge in [0.25, 0.3) is 11.2 Å². The SMILES string of the molecule is C[C@@H](Nc1cc(=O)n(C)c2ccc([N+](=O)[O-])cc12)C(=O)NCCO. The van der Waals surface area contributed by atoms with Gasteiger partial charge in [-0.3, -0.25) is 19.7 Å². The van der Waals surface area contributed by atoms with Gasteiger partial charge in [0.05, 0.1) is 17.0 Å². The third-order valence-electron chi connectivity index (χ3n) is 3.62. The summed E-state index contributed by atoms with van der Waals surface area (Å²) in [5, 5.41) is 25.6. The van der Waals surface area contributed by atoms with E-state index in [1.807, 2.05) is 0 Å². The van der Waals surface area contributed by atoms with Gasteiger partial charge in [0.2, 0.25) is 5.91 Å². The number of amides is 1. The van der Waals surface area contributed by atoms with E-state index < -0.39 is 11.0 Å². The van der Waals surface area contributed by atoms with Crippen LogP contribution in [0.2, 0.25) is 0 Å². The highest BCUT2D eigenvalue weighted by Crippen LogP contribution is 2.26. The van der Waals surface area contributed by atoms with Crippen molar-refractivity contribution >= 4 is 28.2 Å². The Hall–Kier alpha value is -2.94. The molecule has 0 aliphatic heterocycles. The first-order chi connectivity index (χ1) is 11.3. The fraction of sp³-hybridized carbons (Fsp3) is 0.333. The van der Waals surface area contributed by atoms with E-state index in [1.165, 1.54) is 28.8 Å². The van der Waals surface area contributed by atoms with Crippen molar-refractivity contribution in [2.24, 2.45) is 7.05 Å². The van der Waals surface area contributed by atoms with E-state index in [1.54, 1.807) is 14.0 Å². The monoisotopic (exact) mass is 334 g/mol. The number of pyridine rings is 1. The lowest BCUT2D eigenvalue weighted by atomic mass is 10.1. The zero-order chi connectivity index (χ0) is 17.9. The molecule has 2 aromatic rings. The molecule has 1 atom stereocenters. The van der Waals surface area contributed by atoms with Crippen molar-refractivity contribution in [2.45, 2.75) is 13.0 Å². The molecule has 1 aromatic carbocycles. The van der Waals surface area contributed by atoms with Crippen LogP contribution in [0.15, 0.2) is 29.1 Å². The van der Waals surface area contributed by atoms with Crippen LogP contribution in [0.25, 0.3) is 10.9 Å². The molecule has 1 heterocycles. The van der Waals surface area contributed by atoms with E-state index >= 15 is 0 Å². The van der Waals surface area contributed by atoms with Crippen molar-refractivity contribution in [3.63, 3.8) is 0 Å². The number of fused-ring (bicyclic) bond motifs is 1. The van der Waals surface area contributed by atoms with E-state index in [4.69, 9.17) is 5.11 Å². The molecule has 128 valence electrons. The van der Waals surface area contributed by atoms with E-state index in [-0.39, 0.29) is 30.3 Å². The molecular formula is C15H18N4O5. The number of hydrogen-bond acceptors (Lipinski definition) is 6. The molecule has 9 nitrogen and oxygen atoms in total. The number of nitrogens with one attached hydrogen (secondary N) is 2. The molecule has 1 amide bonds. The minimum Gasteiger partial charge on any atom is -0.395 e. The number of aromatic nitrogens is 1. The Kier molecular flexibility index (Phi) is 5.14. The summed E-state index contributed by atoms with van der Waals surface area (Å²) < 4.78 is 1.38. The largest absolute Gasteiger partial charge is 0.395 e. The number of aryl methyl sites for hydroxylation is 1. The number of anilines is 1. The van der Waals surface area contributed by atoms with E-state index in [9.17, 15) is 19.7 Å². The maximum absolute atomic E-state index is 12.1. The molecule has 0 unspecified atom stereocenters. The van der Waals surface area contributed by atoms with Crippen molar-refractivity contribution < 1.29 is 14.8 Å². The van der Waals surface area contributed by atoms with Crippen molar-refractivity contribution in [1.82, 2.24) is 9.88 Å². The second-order valence-electron chi connectivity index (χ2n) is 5.29. The zero-order valence-corrected chi connectivity index (χ0v) is 13.3. The van der Waals surface area contributed by atoms with Crippen LogP contribution in [-0.2, 0) is 11.8 Å². The Morgan fingerprint density at radius 2 is 2.12 bits per heavy atom. The number of aliphatic hydroxyl groups is 1. The Morgan fingerprint density at radius 1 is 1.42 bits per heavy atom.